The Balaban J connectivity index is 1.74. The van der Waals surface area contributed by atoms with Gasteiger partial charge >= 0.3 is 17.9 Å². The van der Waals surface area contributed by atoms with Crippen molar-refractivity contribution in [1.82, 2.24) is 0 Å². The Bertz CT molecular complexity index is 961. The lowest BCUT2D eigenvalue weighted by atomic mass is 10.2. The number of hydrogen-bond acceptors (Lipinski definition) is 8. The van der Waals surface area contributed by atoms with E-state index in [9.17, 15) is 14.4 Å². The quantitative estimate of drug-likeness (QED) is 0.146. The lowest BCUT2D eigenvalue weighted by Crippen LogP contribution is -2.12. The fourth-order valence-corrected chi connectivity index (χ4v) is 2.43. The molecule has 0 fully saturated rings. The first-order valence-electron chi connectivity index (χ1n) is 10.2. The molecule has 0 aliphatic heterocycles. The zero-order chi connectivity index (χ0) is 24.1. The minimum absolute atomic E-state index is 0.0943. The zero-order valence-electron chi connectivity index (χ0n) is 18.4. The van der Waals surface area contributed by atoms with Gasteiger partial charge in [-0.25, -0.2) is 9.59 Å². The van der Waals surface area contributed by atoms with Gasteiger partial charge in [-0.3, -0.25) is 4.79 Å². The van der Waals surface area contributed by atoms with Crippen molar-refractivity contribution in [2.24, 2.45) is 0 Å². The summed E-state index contributed by atoms with van der Waals surface area (Å²) in [4.78, 5) is 34.8. The Labute approximate surface area is 192 Å². The molecule has 0 saturated heterocycles. The monoisotopic (exact) mass is 454 g/mol. The third-order valence-corrected chi connectivity index (χ3v) is 4.07. The highest BCUT2D eigenvalue weighted by molar-refractivity contribution is 5.91. The molecule has 0 unspecified atom stereocenters. The average molecular weight is 454 g/mol. The molecule has 0 heterocycles. The van der Waals surface area contributed by atoms with Crippen molar-refractivity contribution in [2.45, 2.75) is 19.8 Å². The van der Waals surface area contributed by atoms with E-state index in [-0.39, 0.29) is 25.6 Å². The van der Waals surface area contributed by atoms with Crippen LogP contribution < -0.4 is 14.2 Å². The van der Waals surface area contributed by atoms with E-state index in [0.717, 1.165) is 6.26 Å². The summed E-state index contributed by atoms with van der Waals surface area (Å²) in [5.41, 5.74) is 0.672. The standard InChI is InChI=1S/C25H26O8/c1-4-29-23(26)6-5-15-30-21-11-13-22(14-12-21)33-25(28)19-7-9-20(10-8-19)31-16-17-32-24(27)18(2)3/h4,7-14H,1-2,5-6,15-17H2,3H3. The maximum absolute atomic E-state index is 12.3. The molecule has 0 saturated carbocycles. The summed E-state index contributed by atoms with van der Waals surface area (Å²) in [6.45, 7) is 9.00. The molecule has 33 heavy (non-hydrogen) atoms. The predicted molar refractivity (Wildman–Crippen MR) is 120 cm³/mol. The lowest BCUT2D eigenvalue weighted by Gasteiger charge is -2.09. The molecule has 0 radical (unpaired) electrons. The van der Waals surface area contributed by atoms with Gasteiger partial charge in [-0.05, 0) is 61.9 Å². The normalized spacial score (nSPS) is 9.97. The first kappa shape index (κ1) is 25.2. The van der Waals surface area contributed by atoms with E-state index in [2.05, 4.69) is 17.9 Å². The summed E-state index contributed by atoms with van der Waals surface area (Å²) in [7, 11) is 0. The van der Waals surface area contributed by atoms with Gasteiger partial charge in [-0.1, -0.05) is 13.2 Å². The van der Waals surface area contributed by atoms with Crippen LogP contribution in [-0.4, -0.2) is 37.7 Å². The highest BCUT2D eigenvalue weighted by Gasteiger charge is 2.10. The average Bonchev–Trinajstić information content (AvgIpc) is 2.81. The smallest absolute Gasteiger partial charge is 0.343 e. The number of ether oxygens (including phenoxy) is 5. The Morgan fingerprint density at radius 1 is 0.848 bits per heavy atom. The van der Waals surface area contributed by atoms with Crippen LogP contribution in [0.1, 0.15) is 30.1 Å². The van der Waals surface area contributed by atoms with Gasteiger partial charge in [-0.15, -0.1) is 0 Å². The maximum atomic E-state index is 12.3. The second-order valence-electron chi connectivity index (χ2n) is 6.76. The fraction of sp³-hybridized carbons (Fsp3) is 0.240. The number of carbonyl (C=O) groups is 3. The predicted octanol–water partition coefficient (Wildman–Crippen LogP) is 4.25. The summed E-state index contributed by atoms with van der Waals surface area (Å²) in [5, 5.41) is 0. The van der Waals surface area contributed by atoms with E-state index in [1.807, 2.05) is 0 Å². The van der Waals surface area contributed by atoms with Crippen LogP contribution in [0.15, 0.2) is 73.5 Å². The Kier molecular flexibility index (Phi) is 10.2. The number of esters is 3. The van der Waals surface area contributed by atoms with Gasteiger partial charge in [0.25, 0.3) is 0 Å². The first-order chi connectivity index (χ1) is 15.9. The van der Waals surface area contributed by atoms with Crippen molar-refractivity contribution in [3.8, 4) is 17.2 Å². The minimum atomic E-state index is -0.522. The van der Waals surface area contributed by atoms with Crippen molar-refractivity contribution in [3.63, 3.8) is 0 Å². The molecule has 174 valence electrons. The van der Waals surface area contributed by atoms with E-state index < -0.39 is 11.9 Å². The molecular formula is C25H26O8. The van der Waals surface area contributed by atoms with Gasteiger partial charge in [0.15, 0.2) is 0 Å². The highest BCUT2D eigenvalue weighted by Crippen LogP contribution is 2.20. The highest BCUT2D eigenvalue weighted by atomic mass is 16.6. The number of carbonyl (C=O) groups excluding carboxylic acids is 3. The van der Waals surface area contributed by atoms with Crippen LogP contribution in [-0.2, 0) is 19.1 Å². The van der Waals surface area contributed by atoms with Crippen molar-refractivity contribution < 1.29 is 38.1 Å². The number of hydrogen-bond donors (Lipinski definition) is 0. The topological polar surface area (TPSA) is 97.4 Å². The molecule has 8 nitrogen and oxygen atoms in total. The Hall–Kier alpha value is -4.07. The van der Waals surface area contributed by atoms with Crippen molar-refractivity contribution in [1.29, 1.82) is 0 Å². The second-order valence-corrected chi connectivity index (χ2v) is 6.76. The molecule has 0 spiro atoms. The number of benzene rings is 2. The molecule has 0 aliphatic carbocycles. The third kappa shape index (κ3) is 9.30. The van der Waals surface area contributed by atoms with E-state index in [1.165, 1.54) is 0 Å². The van der Waals surface area contributed by atoms with Crippen LogP contribution >= 0.6 is 0 Å². The van der Waals surface area contributed by atoms with E-state index in [1.54, 1.807) is 55.5 Å². The summed E-state index contributed by atoms with van der Waals surface area (Å²) >= 11 is 0. The van der Waals surface area contributed by atoms with Crippen LogP contribution in [0.4, 0.5) is 0 Å². The van der Waals surface area contributed by atoms with Crippen LogP contribution in [0.25, 0.3) is 0 Å². The first-order valence-corrected chi connectivity index (χ1v) is 10.2. The molecule has 0 N–H and O–H groups in total. The van der Waals surface area contributed by atoms with Gasteiger partial charge in [0.1, 0.15) is 30.5 Å². The summed E-state index contributed by atoms with van der Waals surface area (Å²) in [6, 6.07) is 13.0. The van der Waals surface area contributed by atoms with Gasteiger partial charge < -0.3 is 23.7 Å². The van der Waals surface area contributed by atoms with Crippen LogP contribution in [0, 0.1) is 0 Å². The molecule has 2 aromatic rings. The molecule has 0 aliphatic rings. The molecule has 2 rings (SSSR count). The Morgan fingerprint density at radius 2 is 1.42 bits per heavy atom. The van der Waals surface area contributed by atoms with E-state index in [0.29, 0.717) is 41.4 Å². The molecule has 0 amide bonds. The summed E-state index contributed by atoms with van der Waals surface area (Å²) in [5.74, 6) is 0.120. The largest absolute Gasteiger partial charge is 0.494 e. The van der Waals surface area contributed by atoms with Gasteiger partial charge in [0.2, 0.25) is 0 Å². The van der Waals surface area contributed by atoms with Crippen LogP contribution in [0.5, 0.6) is 17.2 Å². The molecule has 8 heteroatoms. The number of rotatable bonds is 13. The van der Waals surface area contributed by atoms with Gasteiger partial charge in [-0.2, -0.15) is 0 Å². The van der Waals surface area contributed by atoms with Gasteiger partial charge in [0.05, 0.1) is 18.4 Å². The van der Waals surface area contributed by atoms with Crippen molar-refractivity contribution in [2.75, 3.05) is 19.8 Å². The lowest BCUT2D eigenvalue weighted by molar-refractivity contribution is -0.140. The van der Waals surface area contributed by atoms with E-state index >= 15 is 0 Å². The minimum Gasteiger partial charge on any atom is -0.494 e. The molecule has 0 bridgehead atoms. The molecular weight excluding hydrogens is 428 g/mol. The van der Waals surface area contributed by atoms with Crippen LogP contribution in [0.3, 0.4) is 0 Å². The van der Waals surface area contributed by atoms with Crippen molar-refractivity contribution >= 4 is 17.9 Å². The summed E-state index contributed by atoms with van der Waals surface area (Å²) < 4.78 is 25.9. The molecule has 0 aromatic heterocycles. The zero-order valence-corrected chi connectivity index (χ0v) is 18.4. The molecule has 0 atom stereocenters. The van der Waals surface area contributed by atoms with E-state index in [4.69, 9.17) is 18.9 Å². The second kappa shape index (κ2) is 13.4. The van der Waals surface area contributed by atoms with Crippen LogP contribution in [0.2, 0.25) is 0 Å². The van der Waals surface area contributed by atoms with Crippen molar-refractivity contribution in [3.05, 3.63) is 79.1 Å². The Morgan fingerprint density at radius 3 is 2.03 bits per heavy atom. The SMILES string of the molecule is C=COC(=O)CCCOc1ccc(OC(=O)c2ccc(OCCOC(=O)C(=C)C)cc2)cc1. The molecule has 2 aromatic carbocycles. The summed E-state index contributed by atoms with van der Waals surface area (Å²) in [6.07, 6.45) is 1.83. The maximum Gasteiger partial charge on any atom is 0.343 e. The third-order valence-electron chi connectivity index (χ3n) is 4.07. The van der Waals surface area contributed by atoms with Gasteiger partial charge in [0, 0.05) is 12.0 Å². The fourth-order valence-electron chi connectivity index (χ4n) is 2.43.